The third-order valence-corrected chi connectivity index (χ3v) is 18.0. The van der Waals surface area contributed by atoms with Crippen molar-refractivity contribution in [2.75, 3.05) is 46.9 Å². The summed E-state index contributed by atoms with van der Waals surface area (Å²) in [5.74, 6) is -8.16. The first kappa shape index (κ1) is 69.3. The minimum Gasteiger partial charge on any atom is -0.508 e. The van der Waals surface area contributed by atoms with Gasteiger partial charge in [-0.2, -0.15) is 0 Å². The lowest BCUT2D eigenvalue weighted by molar-refractivity contribution is -0.920. The molecule has 0 saturated carbocycles. The van der Waals surface area contributed by atoms with Gasteiger partial charge in [0.2, 0.25) is 35.4 Å². The maximum atomic E-state index is 14.9. The molecule has 4 aromatic rings. The van der Waals surface area contributed by atoms with E-state index in [1.165, 1.54) is 43.3 Å². The molecule has 0 aliphatic carbocycles. The number of carbonyl (C=O) groups excluding carboxylic acids is 7. The van der Waals surface area contributed by atoms with Crippen molar-refractivity contribution in [3.63, 3.8) is 0 Å². The van der Waals surface area contributed by atoms with Gasteiger partial charge < -0.3 is 91.2 Å². The molecule has 0 spiro atoms. The molecule has 4 saturated heterocycles. The zero-order chi connectivity index (χ0) is 66.0. The first-order valence-corrected chi connectivity index (χ1v) is 31.3. The van der Waals surface area contributed by atoms with Gasteiger partial charge in [0.25, 0.3) is 5.91 Å². The maximum Gasteiger partial charge on any atom is 0.251 e. The number of nitrogens with one attached hydrogen (secondary N) is 5. The highest BCUT2D eigenvalue weighted by Gasteiger charge is 2.51. The number of rotatable bonds is 17. The zero-order valence-corrected chi connectivity index (χ0v) is 52.3. The molecule has 4 aromatic carbocycles. The van der Waals surface area contributed by atoms with Crippen LogP contribution in [0.2, 0.25) is 0 Å². The first-order chi connectivity index (χ1) is 43.3. The lowest BCUT2D eigenvalue weighted by atomic mass is 9.96. The Morgan fingerprint density at radius 1 is 0.670 bits per heavy atom. The van der Waals surface area contributed by atoms with Crippen LogP contribution in [0.5, 0.6) is 11.5 Å². The monoisotopic (exact) mass is 1270 g/mol. The molecule has 1 unspecified atom stereocenters. The smallest absolute Gasteiger partial charge is 0.251 e. The third-order valence-electron chi connectivity index (χ3n) is 18.0. The van der Waals surface area contributed by atoms with Crippen LogP contribution in [0.25, 0.3) is 22.3 Å². The van der Waals surface area contributed by atoms with Gasteiger partial charge in [-0.05, 0) is 97.3 Å². The molecule has 16 atom stereocenters. The van der Waals surface area contributed by atoms with Crippen LogP contribution in [0, 0.1) is 5.92 Å². The number of nitrogens with zero attached hydrogens (tertiary/aromatic N) is 3. The molecule has 25 nitrogen and oxygen atoms in total. The Balaban J connectivity index is 1.14. The van der Waals surface area contributed by atoms with Crippen LogP contribution in [0.3, 0.4) is 0 Å². The van der Waals surface area contributed by atoms with Crippen LogP contribution in [0.1, 0.15) is 101 Å². The molecule has 4 fully saturated rings. The van der Waals surface area contributed by atoms with Crippen LogP contribution >= 0.6 is 0 Å². The third kappa shape index (κ3) is 16.9. The number of hydrogen-bond donors (Lipinski definition) is 13. The molecule has 7 amide bonds. The summed E-state index contributed by atoms with van der Waals surface area (Å²) in [6, 6.07) is 15.2. The topological polar surface area (TPSA) is 366 Å². The SMILES string of the molecule is CCCCCOc1ccc(-c2ccc(-c3ccc(C(=O)N[C@H]4C[C@@H](O)[C@@H](OCC5CCCC[N+]5(C)C)NC(=O)[C@@H]5[C@@H](O)[C@@H](C)CN5C(=O)[C@H]([C@@H](C)O)NC(=O)[C@H]([C@H](O)[C@@H](O)c5ccc(O)cc5)NC(=O)[C@@H]5C[C@@H](O)CN5C(=O)[C@H]([C@@H](C)O)NC4=O)cc3)cc2)cc1. The molecule has 8 rings (SSSR count). The van der Waals surface area contributed by atoms with Crippen molar-refractivity contribution in [1.29, 1.82) is 0 Å². The largest absolute Gasteiger partial charge is 0.508 e. The number of carbonyl (C=O) groups is 7. The fourth-order valence-corrected chi connectivity index (χ4v) is 12.3. The Bertz CT molecular complexity index is 3150. The van der Waals surface area contributed by atoms with Gasteiger partial charge in [0.1, 0.15) is 78.7 Å². The van der Waals surface area contributed by atoms with Crippen molar-refractivity contribution >= 4 is 41.4 Å². The normalized spacial score (nSPS) is 28.4. The summed E-state index contributed by atoms with van der Waals surface area (Å²) < 4.78 is 12.8. The fourth-order valence-electron chi connectivity index (χ4n) is 12.3. The number of amides is 7. The van der Waals surface area contributed by atoms with E-state index in [1.807, 2.05) is 62.6 Å². The van der Waals surface area contributed by atoms with E-state index in [0.717, 1.165) is 90.3 Å². The molecule has 4 heterocycles. The Kier molecular flexibility index (Phi) is 23.4. The number of aliphatic hydroxyl groups excluding tert-OH is 7. The van der Waals surface area contributed by atoms with Gasteiger partial charge >= 0.3 is 0 Å². The highest BCUT2D eigenvalue weighted by atomic mass is 16.5. The summed E-state index contributed by atoms with van der Waals surface area (Å²) in [5, 5.41) is 103. The second-order valence-electron chi connectivity index (χ2n) is 25.2. The predicted octanol–water partition coefficient (Wildman–Crippen LogP) is 0.726. The number of aromatic hydroxyl groups is 1. The van der Waals surface area contributed by atoms with Crippen molar-refractivity contribution < 1.29 is 88.4 Å². The average Bonchev–Trinajstić information content (AvgIpc) is 1.82. The molecule has 0 aromatic heterocycles. The van der Waals surface area contributed by atoms with Gasteiger partial charge in [0.15, 0.2) is 6.23 Å². The molecule has 13 N–H and O–H groups in total. The number of phenolic OH excluding ortho intramolecular Hbond substituents is 1. The number of aliphatic hydroxyl groups is 7. The lowest BCUT2D eigenvalue weighted by Crippen LogP contribution is -2.64. The first-order valence-electron chi connectivity index (χ1n) is 31.3. The van der Waals surface area contributed by atoms with Crippen LogP contribution in [0.4, 0.5) is 0 Å². The number of piperidine rings is 1. The summed E-state index contributed by atoms with van der Waals surface area (Å²) in [7, 11) is 4.00. The van der Waals surface area contributed by atoms with E-state index >= 15 is 0 Å². The van der Waals surface area contributed by atoms with E-state index in [1.54, 1.807) is 12.1 Å². The van der Waals surface area contributed by atoms with Crippen LogP contribution in [0.15, 0.2) is 97.1 Å². The van der Waals surface area contributed by atoms with Crippen molar-refractivity contribution in [2.24, 2.45) is 5.92 Å². The van der Waals surface area contributed by atoms with E-state index in [0.29, 0.717) is 17.5 Å². The molecular weight excluding hydrogens is 1180 g/mol. The molecular formula is C66H89N8O17+. The highest BCUT2D eigenvalue weighted by molar-refractivity contribution is 6.00. The van der Waals surface area contributed by atoms with Gasteiger partial charge in [0.05, 0.1) is 51.7 Å². The van der Waals surface area contributed by atoms with E-state index in [2.05, 4.69) is 33.5 Å². The van der Waals surface area contributed by atoms with Gasteiger partial charge in [-0.3, -0.25) is 33.6 Å². The molecule has 91 heavy (non-hydrogen) atoms. The average molecular weight is 1270 g/mol. The van der Waals surface area contributed by atoms with E-state index in [9.17, 15) is 74.4 Å². The molecule has 25 heteroatoms. The predicted molar refractivity (Wildman–Crippen MR) is 332 cm³/mol. The highest BCUT2D eigenvalue weighted by Crippen LogP contribution is 2.31. The van der Waals surface area contributed by atoms with Gasteiger partial charge in [0, 0.05) is 43.8 Å². The summed E-state index contributed by atoms with van der Waals surface area (Å²) in [4.78, 5) is 105. The number of hydrogen-bond acceptors (Lipinski definition) is 17. The summed E-state index contributed by atoms with van der Waals surface area (Å²) in [6.45, 7) is 6.41. The Morgan fingerprint density at radius 3 is 1.81 bits per heavy atom. The Morgan fingerprint density at radius 2 is 1.23 bits per heavy atom. The van der Waals surface area contributed by atoms with E-state index < -0.39 is 152 Å². The summed E-state index contributed by atoms with van der Waals surface area (Å²) in [6.07, 6.45) is -10.1. The molecule has 0 radical (unpaired) electrons. The van der Waals surface area contributed by atoms with E-state index in [4.69, 9.17) is 9.47 Å². The second kappa shape index (κ2) is 30.7. The van der Waals surface area contributed by atoms with Crippen molar-refractivity contribution in [3.05, 3.63) is 108 Å². The standard InChI is InChI=1S/C66H88N8O17/c1-7-8-11-30-90-48-27-23-42(24-28-48)40-15-13-39(14-16-40)41-17-19-44(20-18-41)59(83)67-49-32-51(79)64(91-35-45-12-9-10-29-74(45,5)6)71-63(87)55-56(80)36(2)33-73(55)66(89)53(38(4)76)69-62(86)54(58(82)57(81)43-21-25-46(77)26-22-43)70-61(85)50-31-47(78)34-72(50)65(88)52(37(3)75)68-60(49)84/h13-28,36-38,45,47,49-58,64,75-76,78-82H,7-12,29-35H2,1-6H3,(H5-,67,68,69,70,71,77,83,84,85,86,87)/p+1/t36-,37+,38+,45?,47+,49-,50-,51+,52-,53-,54-,55-,56-,57-,58-,64+/m0/s1. The summed E-state index contributed by atoms with van der Waals surface area (Å²) in [5.41, 5.74) is 3.51. The number of ether oxygens (including phenoxy) is 2. The van der Waals surface area contributed by atoms with Crippen LogP contribution in [-0.2, 0) is 33.5 Å². The van der Waals surface area contributed by atoms with Crippen LogP contribution in [-0.4, -0.2) is 229 Å². The second-order valence-corrected chi connectivity index (χ2v) is 25.2. The summed E-state index contributed by atoms with van der Waals surface area (Å²) >= 11 is 0. The number of likely N-dealkylation sites (tertiary alicyclic amines) is 1. The Labute approximate surface area is 529 Å². The van der Waals surface area contributed by atoms with Crippen molar-refractivity contribution in [1.82, 2.24) is 36.4 Å². The van der Waals surface area contributed by atoms with Gasteiger partial charge in [-0.1, -0.05) is 87.4 Å². The number of quaternary nitrogens is 1. The molecule has 4 aliphatic heterocycles. The van der Waals surface area contributed by atoms with Gasteiger partial charge in [-0.15, -0.1) is 0 Å². The molecule has 4 aliphatic rings. The number of phenols is 1. The molecule has 494 valence electrons. The number of fused-ring (bicyclic) bond motifs is 2. The van der Waals surface area contributed by atoms with Crippen LogP contribution < -0.4 is 31.3 Å². The fraction of sp³-hybridized carbons (Fsp3) is 0.530. The minimum absolute atomic E-state index is 0.0556. The van der Waals surface area contributed by atoms with Gasteiger partial charge in [-0.25, -0.2) is 0 Å². The molecule has 0 bridgehead atoms. The van der Waals surface area contributed by atoms with E-state index in [-0.39, 0.29) is 36.1 Å². The number of unbranched alkanes of at least 4 members (excludes halogenated alkanes) is 2. The maximum absolute atomic E-state index is 14.9. The Hall–Kier alpha value is -7.59. The zero-order valence-electron chi connectivity index (χ0n) is 52.3. The number of benzene rings is 4. The lowest BCUT2D eigenvalue weighted by Gasteiger charge is -2.42. The number of likely N-dealkylation sites (N-methyl/N-ethyl adjacent to an activating group) is 1. The minimum atomic E-state index is -2.29. The quantitative estimate of drug-likeness (QED) is 0.0512. The van der Waals surface area contributed by atoms with Crippen molar-refractivity contribution in [2.45, 2.75) is 170 Å². The van der Waals surface area contributed by atoms with Crippen molar-refractivity contribution in [3.8, 4) is 33.8 Å².